The van der Waals surface area contributed by atoms with Crippen LogP contribution >= 0.6 is 11.6 Å². The van der Waals surface area contributed by atoms with Crippen molar-refractivity contribution >= 4 is 23.1 Å². The van der Waals surface area contributed by atoms with Crippen LogP contribution in [0.25, 0.3) is 0 Å². The van der Waals surface area contributed by atoms with Crippen molar-refractivity contribution in [2.75, 3.05) is 5.32 Å². The first kappa shape index (κ1) is 13.2. The third-order valence-corrected chi connectivity index (χ3v) is 2.72. The second-order valence-electron chi connectivity index (χ2n) is 3.73. The van der Waals surface area contributed by atoms with E-state index in [1.807, 2.05) is 0 Å². The summed E-state index contributed by atoms with van der Waals surface area (Å²) in [7, 11) is 0. The molecule has 0 bridgehead atoms. The van der Waals surface area contributed by atoms with Gasteiger partial charge in [0.05, 0.1) is 9.95 Å². The number of halogens is 2. The highest BCUT2D eigenvalue weighted by atomic mass is 35.5. The molecular formula is C12H9ClFN3O2. The normalized spacial score (nSPS) is 10.2. The number of nitrogens with one attached hydrogen (secondary N) is 1. The van der Waals surface area contributed by atoms with Gasteiger partial charge in [0.25, 0.3) is 0 Å². The van der Waals surface area contributed by atoms with E-state index in [2.05, 4.69) is 10.3 Å². The first-order valence-electron chi connectivity index (χ1n) is 5.35. The number of hydrogen-bond acceptors (Lipinski definition) is 4. The van der Waals surface area contributed by atoms with Gasteiger partial charge in [-0.25, -0.2) is 9.37 Å². The minimum Gasteiger partial charge on any atom is -0.360 e. The lowest BCUT2D eigenvalue weighted by molar-refractivity contribution is -0.384. The summed E-state index contributed by atoms with van der Waals surface area (Å²) in [6.07, 6.45) is 1.45. The Morgan fingerprint density at radius 1 is 1.42 bits per heavy atom. The van der Waals surface area contributed by atoms with Crippen LogP contribution in [0.2, 0.25) is 5.02 Å². The fraction of sp³-hybridized carbons (Fsp3) is 0.0833. The summed E-state index contributed by atoms with van der Waals surface area (Å²) in [5.41, 5.74) is 0.585. The van der Waals surface area contributed by atoms with E-state index in [0.29, 0.717) is 5.56 Å². The molecule has 19 heavy (non-hydrogen) atoms. The molecule has 0 aliphatic carbocycles. The van der Waals surface area contributed by atoms with Gasteiger partial charge in [0.1, 0.15) is 5.82 Å². The van der Waals surface area contributed by atoms with Crippen LogP contribution in [0.5, 0.6) is 0 Å². The van der Waals surface area contributed by atoms with Crippen molar-refractivity contribution < 1.29 is 9.31 Å². The van der Waals surface area contributed by atoms with Gasteiger partial charge in [0, 0.05) is 18.8 Å². The molecule has 0 radical (unpaired) electrons. The Kier molecular flexibility index (Phi) is 3.91. The standard InChI is InChI=1S/C12H9ClFN3O2/c13-9-6-8(3-4-10(9)14)7-16-12-11(17(18)19)2-1-5-15-12/h1-6H,7H2,(H,15,16). The van der Waals surface area contributed by atoms with Crippen LogP contribution in [0.1, 0.15) is 5.56 Å². The molecule has 0 aliphatic heterocycles. The minimum atomic E-state index is -0.521. The van der Waals surface area contributed by atoms with Crippen LogP contribution in [-0.2, 0) is 6.54 Å². The second-order valence-corrected chi connectivity index (χ2v) is 4.14. The summed E-state index contributed by atoms with van der Waals surface area (Å²) in [5.74, 6) is -0.345. The van der Waals surface area contributed by atoms with E-state index in [0.717, 1.165) is 0 Å². The lowest BCUT2D eigenvalue weighted by atomic mass is 10.2. The zero-order chi connectivity index (χ0) is 13.8. The van der Waals surface area contributed by atoms with Crippen LogP contribution in [-0.4, -0.2) is 9.91 Å². The molecular weight excluding hydrogens is 273 g/mol. The molecule has 1 aromatic carbocycles. The molecule has 1 N–H and O–H groups in total. The molecule has 0 aliphatic rings. The van der Waals surface area contributed by atoms with E-state index >= 15 is 0 Å². The maximum absolute atomic E-state index is 13.0. The van der Waals surface area contributed by atoms with Crippen molar-refractivity contribution in [3.8, 4) is 0 Å². The predicted octanol–water partition coefficient (Wildman–Crippen LogP) is 3.39. The number of benzene rings is 1. The second kappa shape index (κ2) is 5.62. The van der Waals surface area contributed by atoms with Crippen molar-refractivity contribution in [1.29, 1.82) is 0 Å². The molecule has 2 rings (SSSR count). The summed E-state index contributed by atoms with van der Waals surface area (Å²) < 4.78 is 13.0. The van der Waals surface area contributed by atoms with Gasteiger partial charge in [-0.15, -0.1) is 0 Å². The summed E-state index contributed by atoms with van der Waals surface area (Å²) in [4.78, 5) is 14.2. The van der Waals surface area contributed by atoms with E-state index in [9.17, 15) is 14.5 Å². The molecule has 0 fully saturated rings. The maximum Gasteiger partial charge on any atom is 0.311 e. The van der Waals surface area contributed by atoms with Gasteiger partial charge in [0.2, 0.25) is 5.82 Å². The maximum atomic E-state index is 13.0. The van der Waals surface area contributed by atoms with Gasteiger partial charge in [-0.2, -0.15) is 0 Å². The number of nitro groups is 1. The molecule has 0 atom stereocenters. The number of hydrogen-bond donors (Lipinski definition) is 1. The first-order valence-corrected chi connectivity index (χ1v) is 5.73. The molecule has 0 saturated heterocycles. The largest absolute Gasteiger partial charge is 0.360 e. The SMILES string of the molecule is O=[N+]([O-])c1cccnc1NCc1ccc(F)c(Cl)c1. The Balaban J connectivity index is 2.14. The van der Waals surface area contributed by atoms with Crippen LogP contribution < -0.4 is 5.32 Å². The van der Waals surface area contributed by atoms with Gasteiger partial charge in [-0.1, -0.05) is 17.7 Å². The third kappa shape index (κ3) is 3.17. The number of aromatic nitrogens is 1. The quantitative estimate of drug-likeness (QED) is 0.689. The molecule has 0 saturated carbocycles. The van der Waals surface area contributed by atoms with Crippen LogP contribution in [0.15, 0.2) is 36.5 Å². The van der Waals surface area contributed by atoms with Crippen molar-refractivity contribution in [1.82, 2.24) is 4.98 Å². The summed E-state index contributed by atoms with van der Waals surface area (Å²) in [6.45, 7) is 0.262. The number of rotatable bonds is 4. The lowest BCUT2D eigenvalue weighted by Crippen LogP contribution is -2.04. The van der Waals surface area contributed by atoms with Crippen molar-refractivity contribution in [2.45, 2.75) is 6.54 Å². The zero-order valence-electron chi connectivity index (χ0n) is 9.64. The summed E-state index contributed by atoms with van der Waals surface area (Å²) in [5, 5.41) is 13.6. The molecule has 0 unspecified atom stereocenters. The Morgan fingerprint density at radius 3 is 2.89 bits per heavy atom. The smallest absolute Gasteiger partial charge is 0.311 e. The number of pyridine rings is 1. The highest BCUT2D eigenvalue weighted by molar-refractivity contribution is 6.30. The van der Waals surface area contributed by atoms with E-state index in [-0.39, 0.29) is 23.1 Å². The molecule has 0 spiro atoms. The molecule has 98 valence electrons. The molecule has 7 heteroatoms. The van der Waals surface area contributed by atoms with Crippen LogP contribution in [0.4, 0.5) is 15.9 Å². The lowest BCUT2D eigenvalue weighted by Gasteiger charge is -2.06. The Bertz CT molecular complexity index is 622. The Morgan fingerprint density at radius 2 is 2.21 bits per heavy atom. The van der Waals surface area contributed by atoms with E-state index < -0.39 is 10.7 Å². The van der Waals surface area contributed by atoms with Gasteiger partial charge < -0.3 is 5.32 Å². The molecule has 5 nitrogen and oxygen atoms in total. The number of nitrogens with zero attached hydrogens (tertiary/aromatic N) is 2. The molecule has 1 aromatic heterocycles. The van der Waals surface area contributed by atoms with Crippen molar-refractivity contribution in [3.05, 3.63) is 63.0 Å². The number of anilines is 1. The molecule has 2 aromatic rings. The fourth-order valence-corrected chi connectivity index (χ4v) is 1.72. The fourth-order valence-electron chi connectivity index (χ4n) is 1.52. The van der Waals surface area contributed by atoms with Gasteiger partial charge in [-0.3, -0.25) is 10.1 Å². The Hall–Kier alpha value is -2.21. The summed E-state index contributed by atoms with van der Waals surface area (Å²) >= 11 is 5.65. The predicted molar refractivity (Wildman–Crippen MR) is 69.6 cm³/mol. The topological polar surface area (TPSA) is 68.1 Å². The first-order chi connectivity index (χ1) is 9.08. The minimum absolute atomic E-state index is 0.00909. The van der Waals surface area contributed by atoms with Gasteiger partial charge >= 0.3 is 5.69 Å². The van der Waals surface area contributed by atoms with Gasteiger partial charge in [0.15, 0.2) is 0 Å². The zero-order valence-corrected chi connectivity index (χ0v) is 10.4. The van der Waals surface area contributed by atoms with E-state index in [1.54, 1.807) is 6.07 Å². The van der Waals surface area contributed by atoms with Crippen molar-refractivity contribution in [2.24, 2.45) is 0 Å². The average Bonchev–Trinajstić information content (AvgIpc) is 2.40. The highest BCUT2D eigenvalue weighted by Crippen LogP contribution is 2.22. The third-order valence-electron chi connectivity index (χ3n) is 2.43. The van der Waals surface area contributed by atoms with Crippen LogP contribution in [0.3, 0.4) is 0 Å². The van der Waals surface area contributed by atoms with Crippen molar-refractivity contribution in [3.63, 3.8) is 0 Å². The average molecular weight is 282 g/mol. The van der Waals surface area contributed by atoms with E-state index in [1.165, 1.54) is 30.5 Å². The monoisotopic (exact) mass is 281 g/mol. The van der Waals surface area contributed by atoms with Gasteiger partial charge in [-0.05, 0) is 23.8 Å². The van der Waals surface area contributed by atoms with E-state index in [4.69, 9.17) is 11.6 Å². The Labute approximate surface area is 113 Å². The molecule has 0 amide bonds. The summed E-state index contributed by atoms with van der Waals surface area (Å²) in [6, 6.07) is 7.08. The molecule has 1 heterocycles. The highest BCUT2D eigenvalue weighted by Gasteiger charge is 2.13. The van der Waals surface area contributed by atoms with Crippen LogP contribution in [0, 0.1) is 15.9 Å².